The number of rotatable bonds is 2. The maximum Gasteiger partial charge on any atom is 1.00 e. The predicted molar refractivity (Wildman–Crippen MR) is 86.4 cm³/mol. The quantitative estimate of drug-likeness (QED) is 0.680. The molecule has 102 valence electrons. The summed E-state index contributed by atoms with van der Waals surface area (Å²) in [6.07, 6.45) is 21.4. The van der Waals surface area contributed by atoms with Crippen molar-refractivity contribution in [3.63, 3.8) is 0 Å². The van der Waals surface area contributed by atoms with Gasteiger partial charge in [-0.25, -0.2) is 0 Å². The average molecular weight is 292 g/mol. The zero-order valence-corrected chi connectivity index (χ0v) is 16.2. The fraction of sp³-hybridized carbons (Fsp3) is 0.556. The molecule has 0 saturated carbocycles. The summed E-state index contributed by atoms with van der Waals surface area (Å²) in [5, 5.41) is 0. The SMILES string of the molecule is C1=CC([SiH2]C2C=CC3=C2CCCC3)C2=C1CCCC2.[H-].[Na+]. The Morgan fingerprint density at radius 3 is 1.70 bits per heavy atom. The number of hydrogen-bond donors (Lipinski definition) is 0. The van der Waals surface area contributed by atoms with Gasteiger partial charge in [0.05, 0.1) is 0 Å². The van der Waals surface area contributed by atoms with E-state index >= 15 is 0 Å². The van der Waals surface area contributed by atoms with Crippen LogP contribution in [0.1, 0.15) is 52.8 Å². The maximum absolute atomic E-state index is 2.57. The molecule has 0 spiro atoms. The van der Waals surface area contributed by atoms with Crippen LogP contribution in [-0.2, 0) is 0 Å². The van der Waals surface area contributed by atoms with Crippen LogP contribution in [-0.4, -0.2) is 9.52 Å². The Hall–Kier alpha value is 0.177. The molecule has 4 aliphatic carbocycles. The Balaban J connectivity index is 0.000000807. The van der Waals surface area contributed by atoms with E-state index in [9.17, 15) is 0 Å². The summed E-state index contributed by atoms with van der Waals surface area (Å²) in [7, 11) is -0.0565. The fourth-order valence-electron chi connectivity index (χ4n) is 4.54. The number of allylic oxidation sites excluding steroid dienone is 8. The van der Waals surface area contributed by atoms with E-state index in [4.69, 9.17) is 0 Å². The van der Waals surface area contributed by atoms with Gasteiger partial charge in [-0.1, -0.05) is 35.5 Å². The van der Waals surface area contributed by atoms with Crippen LogP contribution < -0.4 is 29.6 Å². The van der Waals surface area contributed by atoms with Crippen molar-refractivity contribution in [1.82, 2.24) is 0 Å². The van der Waals surface area contributed by atoms with Crippen LogP contribution in [0, 0.1) is 0 Å². The molecule has 2 unspecified atom stereocenters. The molecule has 2 atom stereocenters. The predicted octanol–water partition coefficient (Wildman–Crippen LogP) is 1.73. The minimum Gasteiger partial charge on any atom is -1.00 e. The van der Waals surface area contributed by atoms with Crippen molar-refractivity contribution in [2.24, 2.45) is 0 Å². The molecule has 0 N–H and O–H groups in total. The normalized spacial score (nSPS) is 32.0. The van der Waals surface area contributed by atoms with Gasteiger partial charge in [-0.2, -0.15) is 0 Å². The molecule has 4 rings (SSSR count). The van der Waals surface area contributed by atoms with Crippen molar-refractivity contribution in [2.45, 2.75) is 62.4 Å². The van der Waals surface area contributed by atoms with Crippen LogP contribution in [0.4, 0.5) is 0 Å². The molecule has 20 heavy (non-hydrogen) atoms. The van der Waals surface area contributed by atoms with Gasteiger partial charge in [-0.3, -0.25) is 0 Å². The van der Waals surface area contributed by atoms with Gasteiger partial charge in [-0.05, 0) is 73.6 Å². The summed E-state index contributed by atoms with van der Waals surface area (Å²) in [6.45, 7) is 0. The van der Waals surface area contributed by atoms with Crippen molar-refractivity contribution in [3.05, 3.63) is 46.6 Å². The van der Waals surface area contributed by atoms with Crippen LogP contribution in [0.3, 0.4) is 0 Å². The monoisotopic (exact) mass is 292 g/mol. The largest absolute Gasteiger partial charge is 1.00 e. The van der Waals surface area contributed by atoms with Gasteiger partial charge in [0.2, 0.25) is 0 Å². The first-order valence-corrected chi connectivity index (χ1v) is 9.85. The van der Waals surface area contributed by atoms with Gasteiger partial charge < -0.3 is 1.43 Å². The third-order valence-corrected chi connectivity index (χ3v) is 8.12. The van der Waals surface area contributed by atoms with Crippen LogP contribution in [0.15, 0.2) is 46.6 Å². The second-order valence-electron chi connectivity index (χ2n) is 6.68. The summed E-state index contributed by atoms with van der Waals surface area (Å²) < 4.78 is 0. The molecule has 0 amide bonds. The van der Waals surface area contributed by atoms with E-state index in [-0.39, 0.29) is 40.5 Å². The Bertz CT molecular complexity index is 469. The van der Waals surface area contributed by atoms with Crippen molar-refractivity contribution in [3.8, 4) is 0 Å². The Kier molecular flexibility index (Phi) is 4.92. The molecule has 0 bridgehead atoms. The van der Waals surface area contributed by atoms with E-state index in [2.05, 4.69) is 24.3 Å². The first kappa shape index (κ1) is 15.1. The van der Waals surface area contributed by atoms with Crippen LogP contribution in [0.25, 0.3) is 0 Å². The standard InChI is InChI=1S/C18H24Si.Na.H/c1-3-7-15-13(5-1)9-11-17(15)19-18-12-10-14-6-2-4-8-16(14)18;;/h9-12,17-18H,1-8,19H2;;/q;+1;-1. The van der Waals surface area contributed by atoms with Crippen LogP contribution >= 0.6 is 0 Å². The topological polar surface area (TPSA) is 0 Å². The van der Waals surface area contributed by atoms with Crippen LogP contribution in [0.2, 0.25) is 11.1 Å². The van der Waals surface area contributed by atoms with Crippen molar-refractivity contribution >= 4 is 9.52 Å². The molecule has 0 fully saturated rings. The van der Waals surface area contributed by atoms with Gasteiger partial charge in [0.15, 0.2) is 0 Å². The smallest absolute Gasteiger partial charge is 1.00 e. The minimum absolute atomic E-state index is 0. The van der Waals surface area contributed by atoms with Gasteiger partial charge in [0.25, 0.3) is 0 Å². The maximum atomic E-state index is 2.57. The fourth-order valence-corrected chi connectivity index (χ4v) is 7.18. The van der Waals surface area contributed by atoms with Crippen LogP contribution in [0.5, 0.6) is 0 Å². The Morgan fingerprint density at radius 2 is 1.20 bits per heavy atom. The van der Waals surface area contributed by atoms with Gasteiger partial charge in [0, 0.05) is 9.52 Å². The van der Waals surface area contributed by atoms with Crippen molar-refractivity contribution in [1.29, 1.82) is 0 Å². The molecule has 2 heteroatoms. The molecule has 0 heterocycles. The van der Waals surface area contributed by atoms with Gasteiger partial charge in [0.1, 0.15) is 0 Å². The third-order valence-electron chi connectivity index (χ3n) is 5.57. The summed E-state index contributed by atoms with van der Waals surface area (Å²) in [5.74, 6) is 0. The minimum atomic E-state index is -0.0565. The number of hydrogen-bond acceptors (Lipinski definition) is 0. The Labute approximate surface area is 149 Å². The Morgan fingerprint density at radius 1 is 0.750 bits per heavy atom. The van der Waals surface area contributed by atoms with E-state index in [1.807, 2.05) is 11.1 Å². The van der Waals surface area contributed by atoms with Gasteiger partial charge >= 0.3 is 29.6 Å². The van der Waals surface area contributed by atoms with Crippen molar-refractivity contribution in [2.75, 3.05) is 0 Å². The molecule has 0 aromatic carbocycles. The molecule has 0 aromatic heterocycles. The summed E-state index contributed by atoms with van der Waals surface area (Å²) in [6, 6.07) is 0. The van der Waals surface area contributed by atoms with E-state index < -0.39 is 0 Å². The zero-order chi connectivity index (χ0) is 12.7. The molecule has 0 aliphatic heterocycles. The average Bonchev–Trinajstić information content (AvgIpc) is 3.05. The molecule has 0 aromatic rings. The first-order chi connectivity index (χ1) is 9.42. The second-order valence-corrected chi connectivity index (χ2v) is 8.91. The summed E-state index contributed by atoms with van der Waals surface area (Å²) in [4.78, 5) is 0. The zero-order valence-electron chi connectivity index (χ0n) is 13.8. The molecular weight excluding hydrogens is 267 g/mol. The second kappa shape index (κ2) is 6.52. The van der Waals surface area contributed by atoms with E-state index in [1.54, 1.807) is 11.1 Å². The van der Waals surface area contributed by atoms with Crippen molar-refractivity contribution < 1.29 is 31.0 Å². The third kappa shape index (κ3) is 2.75. The summed E-state index contributed by atoms with van der Waals surface area (Å²) in [5.41, 5.74) is 8.97. The molecule has 0 saturated heterocycles. The molecular formula is C18H25NaSi. The molecule has 0 nitrogen and oxygen atoms in total. The van der Waals surface area contributed by atoms with E-state index in [0.29, 0.717) is 0 Å². The summed E-state index contributed by atoms with van der Waals surface area (Å²) >= 11 is 0. The van der Waals surface area contributed by atoms with Gasteiger partial charge in [-0.15, -0.1) is 0 Å². The molecule has 0 radical (unpaired) electrons. The van der Waals surface area contributed by atoms with E-state index in [0.717, 1.165) is 11.1 Å². The first-order valence-electron chi connectivity index (χ1n) is 8.22. The molecule has 4 aliphatic rings. The van der Waals surface area contributed by atoms with E-state index in [1.165, 1.54) is 51.4 Å².